The maximum atomic E-state index is 9.14. The Balaban J connectivity index is 2.27. The second-order valence-corrected chi connectivity index (χ2v) is 3.20. The Labute approximate surface area is 88.3 Å². The number of nitrogens with zero attached hydrogens (tertiary/aromatic N) is 1. The van der Waals surface area contributed by atoms with Gasteiger partial charge in [0.05, 0.1) is 0 Å². The second kappa shape index (κ2) is 3.88. The molecule has 1 N–H and O–H groups in total. The van der Waals surface area contributed by atoms with Crippen molar-refractivity contribution < 1.29 is 5.11 Å². The van der Waals surface area contributed by atoms with E-state index in [4.69, 9.17) is 5.11 Å². The summed E-state index contributed by atoms with van der Waals surface area (Å²) in [4.78, 5) is 3.68. The highest BCUT2D eigenvalue weighted by atomic mass is 16.3. The fraction of sp³-hybridized carbons (Fsp3) is 0.0769. The normalized spacial score (nSPS) is 12.9. The van der Waals surface area contributed by atoms with Gasteiger partial charge >= 0.3 is 0 Å². The van der Waals surface area contributed by atoms with Crippen LogP contribution < -0.4 is 0 Å². The van der Waals surface area contributed by atoms with Crippen LogP contribution in [0.3, 0.4) is 0 Å². The monoisotopic (exact) mass is 195 g/mol. The van der Waals surface area contributed by atoms with E-state index in [1.54, 1.807) is 6.07 Å². The Morgan fingerprint density at radius 1 is 1.33 bits per heavy atom. The van der Waals surface area contributed by atoms with Gasteiger partial charge in [-0.3, -0.25) is 0 Å². The van der Waals surface area contributed by atoms with E-state index >= 15 is 0 Å². The minimum absolute atomic E-state index is 0.00686. The van der Waals surface area contributed by atoms with Gasteiger partial charge < -0.3 is 5.11 Å². The lowest BCUT2D eigenvalue weighted by Gasteiger charge is -1.91. The molecule has 0 aromatic carbocycles. The van der Waals surface area contributed by atoms with Gasteiger partial charge in [0.2, 0.25) is 5.88 Å². The van der Waals surface area contributed by atoms with Gasteiger partial charge in [-0.15, -0.1) is 5.73 Å². The van der Waals surface area contributed by atoms with E-state index in [-0.39, 0.29) is 5.88 Å². The molecule has 0 unspecified atom stereocenters. The van der Waals surface area contributed by atoms with Crippen molar-refractivity contribution in [2.75, 3.05) is 0 Å². The van der Waals surface area contributed by atoms with Gasteiger partial charge in [0.25, 0.3) is 0 Å². The van der Waals surface area contributed by atoms with Gasteiger partial charge in [-0.1, -0.05) is 11.8 Å². The summed E-state index contributed by atoms with van der Waals surface area (Å²) in [7, 11) is 0. The Kier molecular flexibility index (Phi) is 2.41. The highest BCUT2D eigenvalue weighted by Crippen LogP contribution is 2.11. The summed E-state index contributed by atoms with van der Waals surface area (Å²) >= 11 is 0. The van der Waals surface area contributed by atoms with Gasteiger partial charge in [0.15, 0.2) is 0 Å². The third-order valence-corrected chi connectivity index (χ3v) is 2.04. The molecule has 2 heteroatoms. The molecule has 0 bridgehead atoms. The number of aromatic hydroxyl groups is 1. The largest absolute Gasteiger partial charge is 0.493 e. The van der Waals surface area contributed by atoms with Crippen molar-refractivity contribution in [2.24, 2.45) is 0 Å². The summed E-state index contributed by atoms with van der Waals surface area (Å²) in [5.74, 6) is 5.97. The van der Waals surface area contributed by atoms with E-state index in [0.717, 1.165) is 16.7 Å². The van der Waals surface area contributed by atoms with Crippen molar-refractivity contribution in [2.45, 2.75) is 6.92 Å². The number of hydrogen-bond donors (Lipinski definition) is 1. The fourth-order valence-electron chi connectivity index (χ4n) is 1.21. The van der Waals surface area contributed by atoms with Crippen LogP contribution in [0, 0.1) is 11.8 Å². The molecule has 15 heavy (non-hydrogen) atoms. The fourth-order valence-corrected chi connectivity index (χ4v) is 1.21. The number of pyridine rings is 1. The molecule has 0 saturated heterocycles. The van der Waals surface area contributed by atoms with E-state index in [9.17, 15) is 0 Å². The molecule has 0 amide bonds. The van der Waals surface area contributed by atoms with Gasteiger partial charge in [-0.2, -0.15) is 0 Å². The molecule has 1 aromatic heterocycles. The molecule has 0 aliphatic heterocycles. The summed E-state index contributed by atoms with van der Waals surface area (Å²) in [5.41, 5.74) is 5.81. The quantitative estimate of drug-likeness (QED) is 0.508. The molecule has 0 spiro atoms. The zero-order chi connectivity index (χ0) is 10.7. The minimum atomic E-state index is -0.00686. The molecule has 0 saturated carbocycles. The van der Waals surface area contributed by atoms with Crippen molar-refractivity contribution in [1.29, 1.82) is 0 Å². The lowest BCUT2D eigenvalue weighted by molar-refractivity contribution is 0.453. The molecule has 2 rings (SSSR count). The Morgan fingerprint density at radius 3 is 2.87 bits per heavy atom. The van der Waals surface area contributed by atoms with Crippen molar-refractivity contribution in [3.63, 3.8) is 0 Å². The third kappa shape index (κ3) is 2.17. The lowest BCUT2D eigenvalue weighted by Crippen LogP contribution is -1.78. The highest BCUT2D eigenvalue weighted by Gasteiger charge is 1.96. The molecular weight excluding hydrogens is 186 g/mol. The van der Waals surface area contributed by atoms with E-state index in [1.165, 1.54) is 12.3 Å². The second-order valence-electron chi connectivity index (χ2n) is 3.20. The molecule has 1 aliphatic carbocycles. The van der Waals surface area contributed by atoms with Crippen LogP contribution in [0.1, 0.15) is 12.5 Å². The van der Waals surface area contributed by atoms with Crippen LogP contribution >= 0.6 is 0 Å². The standard InChI is InChI=1S/C13H9NO/c1-10-3-2-4-12(10)6-5-11-7-8-14-13(15)9-11/h3-4,7-9H,1H3,(H,14,15). The van der Waals surface area contributed by atoms with Crippen molar-refractivity contribution >= 4 is 0 Å². The summed E-state index contributed by atoms with van der Waals surface area (Å²) < 4.78 is 0. The lowest BCUT2D eigenvalue weighted by atomic mass is 10.1. The number of rotatable bonds is 0. The van der Waals surface area contributed by atoms with Crippen molar-refractivity contribution in [3.05, 3.63) is 52.9 Å². The van der Waals surface area contributed by atoms with Crippen molar-refractivity contribution in [3.8, 4) is 17.7 Å². The number of hydrogen-bond acceptors (Lipinski definition) is 2. The zero-order valence-electron chi connectivity index (χ0n) is 8.28. The Hall–Kier alpha value is -2.23. The van der Waals surface area contributed by atoms with E-state index < -0.39 is 0 Å². The maximum absolute atomic E-state index is 9.14. The highest BCUT2D eigenvalue weighted by molar-refractivity contribution is 5.52. The third-order valence-electron chi connectivity index (χ3n) is 2.04. The van der Waals surface area contributed by atoms with Gasteiger partial charge in [-0.05, 0) is 30.7 Å². The first-order chi connectivity index (χ1) is 7.25. The smallest absolute Gasteiger partial charge is 0.211 e. The van der Waals surface area contributed by atoms with Crippen LogP contribution in [0.5, 0.6) is 5.88 Å². The SMILES string of the molecule is CC1=C(C#Cc2ccnc(O)c2)C=C=C1. The predicted molar refractivity (Wildman–Crippen MR) is 58.1 cm³/mol. The predicted octanol–water partition coefficient (Wildman–Crippen LogP) is 2.18. The first kappa shape index (κ1) is 9.33. The molecule has 1 aromatic rings. The van der Waals surface area contributed by atoms with E-state index in [2.05, 4.69) is 22.6 Å². The number of allylic oxidation sites excluding steroid dienone is 3. The van der Waals surface area contributed by atoms with Gasteiger partial charge in [0, 0.05) is 23.4 Å². The first-order valence-corrected chi connectivity index (χ1v) is 4.56. The Morgan fingerprint density at radius 2 is 2.20 bits per heavy atom. The first-order valence-electron chi connectivity index (χ1n) is 4.56. The van der Waals surface area contributed by atoms with Crippen LogP contribution in [-0.4, -0.2) is 10.1 Å². The Bertz CT molecular complexity index is 549. The summed E-state index contributed by atoms with van der Waals surface area (Å²) in [6.45, 7) is 1.99. The molecular formula is C13H9NO. The number of aromatic nitrogens is 1. The molecule has 0 fully saturated rings. The summed E-state index contributed by atoms with van der Waals surface area (Å²) in [5, 5.41) is 9.14. The molecule has 1 heterocycles. The molecule has 2 nitrogen and oxygen atoms in total. The van der Waals surface area contributed by atoms with E-state index in [1.807, 2.05) is 19.1 Å². The maximum Gasteiger partial charge on any atom is 0.211 e. The average Bonchev–Trinajstić information content (AvgIpc) is 2.61. The van der Waals surface area contributed by atoms with Crippen LogP contribution in [0.15, 0.2) is 47.4 Å². The summed E-state index contributed by atoms with van der Waals surface area (Å²) in [6.07, 6.45) is 5.28. The molecule has 0 radical (unpaired) electrons. The van der Waals surface area contributed by atoms with E-state index in [0.29, 0.717) is 0 Å². The van der Waals surface area contributed by atoms with Crippen LogP contribution in [0.2, 0.25) is 0 Å². The van der Waals surface area contributed by atoms with Gasteiger partial charge in [-0.25, -0.2) is 4.98 Å². The van der Waals surface area contributed by atoms with Crippen molar-refractivity contribution in [1.82, 2.24) is 4.98 Å². The van der Waals surface area contributed by atoms with Crippen LogP contribution in [-0.2, 0) is 0 Å². The molecule has 1 aliphatic rings. The minimum Gasteiger partial charge on any atom is -0.493 e. The topological polar surface area (TPSA) is 33.1 Å². The van der Waals surface area contributed by atoms with Gasteiger partial charge in [0.1, 0.15) is 0 Å². The van der Waals surface area contributed by atoms with Crippen LogP contribution in [0.25, 0.3) is 0 Å². The molecule has 0 atom stereocenters. The zero-order valence-corrected chi connectivity index (χ0v) is 8.28. The summed E-state index contributed by atoms with van der Waals surface area (Å²) in [6, 6.07) is 3.30. The average molecular weight is 195 g/mol. The van der Waals surface area contributed by atoms with Crippen LogP contribution in [0.4, 0.5) is 0 Å². The molecule has 72 valence electrons.